The van der Waals surface area contributed by atoms with E-state index in [0.29, 0.717) is 5.56 Å². The van der Waals surface area contributed by atoms with Crippen LogP contribution >= 0.6 is 0 Å². The van der Waals surface area contributed by atoms with Crippen LogP contribution in [-0.4, -0.2) is 5.78 Å². The fourth-order valence-electron chi connectivity index (χ4n) is 1.57. The Morgan fingerprint density at radius 1 is 0.778 bits per heavy atom. The van der Waals surface area contributed by atoms with Crippen molar-refractivity contribution in [3.05, 3.63) is 90.0 Å². The molecule has 0 spiro atoms. The van der Waals surface area contributed by atoms with Crippen LogP contribution in [0.3, 0.4) is 0 Å². The molecule has 1 nitrogen and oxygen atoms in total. The molecule has 0 saturated carbocycles. The second-order valence-corrected chi connectivity index (χ2v) is 3.86. The number of benzene rings is 2. The summed E-state index contributed by atoms with van der Waals surface area (Å²) in [6, 6.07) is 19.2. The second kappa shape index (κ2) is 6.36. The van der Waals surface area contributed by atoms with Crippen LogP contribution in [0.15, 0.2) is 78.9 Å². The highest BCUT2D eigenvalue weighted by Gasteiger charge is 1.97. The molecule has 0 N–H and O–H groups in total. The van der Waals surface area contributed by atoms with Gasteiger partial charge >= 0.3 is 0 Å². The Kier molecular flexibility index (Phi) is 4.26. The Labute approximate surface area is 107 Å². The number of rotatable bonds is 4. The molecule has 0 aliphatic heterocycles. The topological polar surface area (TPSA) is 17.1 Å². The van der Waals surface area contributed by atoms with Crippen molar-refractivity contribution in [2.75, 3.05) is 0 Å². The maximum absolute atomic E-state index is 11.7. The Bertz CT molecular complexity index is 551. The van der Waals surface area contributed by atoms with E-state index in [9.17, 15) is 4.79 Å². The van der Waals surface area contributed by atoms with E-state index in [0.717, 1.165) is 5.56 Å². The first-order chi connectivity index (χ1) is 8.86. The smallest absolute Gasteiger partial charge is 0.185 e. The summed E-state index contributed by atoms with van der Waals surface area (Å²) in [6.07, 6.45) is 7.18. The van der Waals surface area contributed by atoms with E-state index in [1.54, 1.807) is 12.2 Å². The monoisotopic (exact) mass is 234 g/mol. The van der Waals surface area contributed by atoms with Gasteiger partial charge in [0.25, 0.3) is 0 Å². The first-order valence-corrected chi connectivity index (χ1v) is 5.85. The van der Waals surface area contributed by atoms with E-state index < -0.39 is 0 Å². The molecule has 88 valence electrons. The second-order valence-electron chi connectivity index (χ2n) is 3.86. The molecule has 0 unspecified atom stereocenters. The van der Waals surface area contributed by atoms with Crippen molar-refractivity contribution in [2.24, 2.45) is 0 Å². The van der Waals surface area contributed by atoms with Gasteiger partial charge in [0, 0.05) is 5.56 Å². The van der Waals surface area contributed by atoms with Gasteiger partial charge in [-0.15, -0.1) is 0 Å². The summed E-state index contributed by atoms with van der Waals surface area (Å²) in [4.78, 5) is 11.7. The summed E-state index contributed by atoms with van der Waals surface area (Å²) in [6.45, 7) is 0. The molecule has 0 amide bonds. The van der Waals surface area contributed by atoms with Crippen LogP contribution in [0.2, 0.25) is 0 Å². The normalized spacial score (nSPS) is 11.1. The van der Waals surface area contributed by atoms with E-state index in [1.165, 1.54) is 0 Å². The maximum atomic E-state index is 11.7. The molecule has 0 saturated heterocycles. The summed E-state index contributed by atoms with van der Waals surface area (Å²) in [5, 5.41) is 0. The van der Waals surface area contributed by atoms with Crippen molar-refractivity contribution in [3.63, 3.8) is 0 Å². The van der Waals surface area contributed by atoms with Crippen LogP contribution in [0.4, 0.5) is 0 Å². The standard InChI is InChI=1S/C17H14O/c18-17(16-12-5-2-6-13-16)14-8-7-11-15-9-3-1-4-10-15/h1-14H. The van der Waals surface area contributed by atoms with Gasteiger partial charge < -0.3 is 0 Å². The molecule has 1 heteroatoms. The number of hydrogen-bond acceptors (Lipinski definition) is 1. The molecule has 0 aliphatic rings. The molecular formula is C17H14O. The number of hydrogen-bond donors (Lipinski definition) is 0. The highest BCUT2D eigenvalue weighted by atomic mass is 16.1. The van der Waals surface area contributed by atoms with Gasteiger partial charge in [0.2, 0.25) is 0 Å². The molecule has 0 bridgehead atoms. The first-order valence-electron chi connectivity index (χ1n) is 5.85. The van der Waals surface area contributed by atoms with Crippen molar-refractivity contribution in [2.45, 2.75) is 0 Å². The maximum Gasteiger partial charge on any atom is 0.185 e. The van der Waals surface area contributed by atoms with Crippen molar-refractivity contribution in [3.8, 4) is 0 Å². The molecule has 2 rings (SSSR count). The lowest BCUT2D eigenvalue weighted by atomic mass is 10.1. The average molecular weight is 234 g/mol. The molecule has 0 heterocycles. The van der Waals surface area contributed by atoms with Crippen molar-refractivity contribution in [1.82, 2.24) is 0 Å². The number of allylic oxidation sites excluding steroid dienone is 3. The highest BCUT2D eigenvalue weighted by molar-refractivity contribution is 6.04. The Morgan fingerprint density at radius 3 is 2.06 bits per heavy atom. The van der Waals surface area contributed by atoms with Gasteiger partial charge in [-0.25, -0.2) is 0 Å². The minimum absolute atomic E-state index is 0.0216. The van der Waals surface area contributed by atoms with Gasteiger partial charge in [0.05, 0.1) is 0 Å². The number of carbonyl (C=O) groups excluding carboxylic acids is 1. The van der Waals surface area contributed by atoms with E-state index in [1.807, 2.05) is 72.8 Å². The molecule has 0 fully saturated rings. The zero-order chi connectivity index (χ0) is 12.6. The largest absolute Gasteiger partial charge is 0.289 e. The molecule has 2 aromatic carbocycles. The summed E-state index contributed by atoms with van der Waals surface area (Å²) in [5.74, 6) is 0.0216. The Morgan fingerprint density at radius 2 is 1.39 bits per heavy atom. The number of carbonyl (C=O) groups is 1. The summed E-state index contributed by atoms with van der Waals surface area (Å²) in [7, 11) is 0. The predicted octanol–water partition coefficient (Wildman–Crippen LogP) is 4.14. The van der Waals surface area contributed by atoms with E-state index in [2.05, 4.69) is 0 Å². The third kappa shape index (κ3) is 3.56. The molecule has 0 aliphatic carbocycles. The minimum atomic E-state index is 0.0216. The summed E-state index contributed by atoms with van der Waals surface area (Å²) < 4.78 is 0. The van der Waals surface area contributed by atoms with E-state index in [-0.39, 0.29) is 5.78 Å². The Hall–Kier alpha value is -2.41. The zero-order valence-electron chi connectivity index (χ0n) is 9.99. The van der Waals surface area contributed by atoms with Crippen LogP contribution in [0.25, 0.3) is 6.08 Å². The lowest BCUT2D eigenvalue weighted by Crippen LogP contribution is -1.92. The predicted molar refractivity (Wildman–Crippen MR) is 75.4 cm³/mol. The van der Waals surface area contributed by atoms with Crippen LogP contribution in [0.5, 0.6) is 0 Å². The SMILES string of the molecule is O=C(C=CC=Cc1ccccc1)c1ccccc1. The van der Waals surface area contributed by atoms with Crippen molar-refractivity contribution >= 4 is 11.9 Å². The molecule has 0 aromatic heterocycles. The number of ketones is 1. The summed E-state index contributed by atoms with van der Waals surface area (Å²) >= 11 is 0. The van der Waals surface area contributed by atoms with Crippen LogP contribution in [0.1, 0.15) is 15.9 Å². The van der Waals surface area contributed by atoms with E-state index in [4.69, 9.17) is 0 Å². The van der Waals surface area contributed by atoms with Crippen LogP contribution < -0.4 is 0 Å². The lowest BCUT2D eigenvalue weighted by molar-refractivity contribution is 0.104. The first kappa shape index (κ1) is 12.1. The fourth-order valence-corrected chi connectivity index (χ4v) is 1.57. The van der Waals surface area contributed by atoms with Crippen molar-refractivity contribution in [1.29, 1.82) is 0 Å². The van der Waals surface area contributed by atoms with Gasteiger partial charge in [0.15, 0.2) is 5.78 Å². The van der Waals surface area contributed by atoms with Gasteiger partial charge in [-0.3, -0.25) is 4.79 Å². The Balaban J connectivity index is 1.96. The quantitative estimate of drug-likeness (QED) is 0.441. The summed E-state index contributed by atoms with van der Waals surface area (Å²) in [5.41, 5.74) is 1.83. The lowest BCUT2D eigenvalue weighted by Gasteiger charge is -1.92. The van der Waals surface area contributed by atoms with Crippen LogP contribution in [0, 0.1) is 0 Å². The molecule has 18 heavy (non-hydrogen) atoms. The average Bonchev–Trinajstić information content (AvgIpc) is 2.45. The van der Waals surface area contributed by atoms with Gasteiger partial charge in [-0.05, 0) is 11.6 Å². The third-order valence-electron chi connectivity index (χ3n) is 2.51. The van der Waals surface area contributed by atoms with Crippen molar-refractivity contribution < 1.29 is 4.79 Å². The molecule has 0 radical (unpaired) electrons. The highest BCUT2D eigenvalue weighted by Crippen LogP contribution is 2.03. The third-order valence-corrected chi connectivity index (χ3v) is 2.51. The van der Waals surface area contributed by atoms with Crippen LogP contribution in [-0.2, 0) is 0 Å². The molecule has 2 aromatic rings. The van der Waals surface area contributed by atoms with Gasteiger partial charge in [-0.2, -0.15) is 0 Å². The van der Waals surface area contributed by atoms with E-state index >= 15 is 0 Å². The van der Waals surface area contributed by atoms with Gasteiger partial charge in [0.1, 0.15) is 0 Å². The zero-order valence-corrected chi connectivity index (χ0v) is 9.99. The molecular weight excluding hydrogens is 220 g/mol. The minimum Gasteiger partial charge on any atom is -0.289 e. The van der Waals surface area contributed by atoms with Gasteiger partial charge in [-0.1, -0.05) is 78.9 Å². The fraction of sp³-hybridized carbons (Fsp3) is 0. The molecule has 0 atom stereocenters.